The quantitative estimate of drug-likeness (QED) is 0.574. The fourth-order valence-electron chi connectivity index (χ4n) is 1.77. The Morgan fingerprint density at radius 1 is 0.773 bits per heavy atom. The Bertz CT molecular complexity index is 661. The van der Waals surface area contributed by atoms with Crippen molar-refractivity contribution in [1.82, 2.24) is 0 Å². The van der Waals surface area contributed by atoms with Crippen LogP contribution in [0.1, 0.15) is 5.56 Å². The van der Waals surface area contributed by atoms with Crippen LogP contribution in [0.15, 0.2) is 46.9 Å². The van der Waals surface area contributed by atoms with E-state index in [4.69, 9.17) is 0 Å². The molecule has 0 aliphatic carbocycles. The summed E-state index contributed by atoms with van der Waals surface area (Å²) in [6.07, 6.45) is -9.35. The van der Waals surface area contributed by atoms with Gasteiger partial charge in [-0.2, -0.15) is 13.2 Å². The van der Waals surface area contributed by atoms with Crippen LogP contribution in [0.25, 0.3) is 11.1 Å². The first-order valence-corrected chi connectivity index (χ1v) is 6.58. The zero-order valence-corrected chi connectivity index (χ0v) is 12.2. The van der Waals surface area contributed by atoms with Crippen LogP contribution in [0.2, 0.25) is 0 Å². The summed E-state index contributed by atoms with van der Waals surface area (Å²) >= 11 is 2.82. The highest BCUT2D eigenvalue weighted by molar-refractivity contribution is 9.10. The van der Waals surface area contributed by atoms with Gasteiger partial charge in [0.2, 0.25) is 0 Å². The van der Waals surface area contributed by atoms with Crippen LogP contribution in [0, 0.1) is 0 Å². The number of hydrogen-bond acceptors (Lipinski definition) is 1. The third-order valence-electron chi connectivity index (χ3n) is 2.69. The monoisotopic (exact) mass is 384 g/mol. The van der Waals surface area contributed by atoms with Crippen molar-refractivity contribution in [3.63, 3.8) is 0 Å². The first-order valence-electron chi connectivity index (χ1n) is 5.79. The lowest BCUT2D eigenvalue weighted by Gasteiger charge is -2.12. The van der Waals surface area contributed by atoms with E-state index in [1.807, 2.05) is 0 Å². The number of hydrogen-bond donors (Lipinski definition) is 0. The van der Waals surface area contributed by atoms with Crippen molar-refractivity contribution in [2.75, 3.05) is 0 Å². The zero-order chi connectivity index (χ0) is 16.5. The summed E-state index contributed by atoms with van der Waals surface area (Å²) in [6, 6.07) is 8.17. The van der Waals surface area contributed by atoms with Crippen LogP contribution >= 0.6 is 15.9 Å². The van der Waals surface area contributed by atoms with E-state index < -0.39 is 23.9 Å². The molecular weight excluding hydrogens is 378 g/mol. The largest absolute Gasteiger partial charge is 0.573 e. The van der Waals surface area contributed by atoms with Crippen LogP contribution in [0.5, 0.6) is 5.75 Å². The molecule has 8 heteroatoms. The van der Waals surface area contributed by atoms with Gasteiger partial charge < -0.3 is 4.74 Å². The predicted molar refractivity (Wildman–Crippen MR) is 71.3 cm³/mol. The number of halogens is 7. The van der Waals surface area contributed by atoms with Crippen LogP contribution in [-0.4, -0.2) is 6.36 Å². The van der Waals surface area contributed by atoms with Crippen LogP contribution in [0.4, 0.5) is 26.3 Å². The maximum atomic E-state index is 12.8. The molecule has 0 aromatic heterocycles. The summed E-state index contributed by atoms with van der Waals surface area (Å²) in [6.45, 7) is 0. The smallest absolute Gasteiger partial charge is 0.406 e. The highest BCUT2D eigenvalue weighted by Crippen LogP contribution is 2.37. The molecule has 0 N–H and O–H groups in total. The minimum atomic E-state index is -4.82. The predicted octanol–water partition coefficient (Wildman–Crippen LogP) is 6.03. The lowest BCUT2D eigenvalue weighted by Crippen LogP contribution is -2.16. The van der Waals surface area contributed by atoms with Crippen molar-refractivity contribution in [2.45, 2.75) is 12.5 Å². The van der Waals surface area contributed by atoms with Crippen LogP contribution < -0.4 is 4.74 Å². The van der Waals surface area contributed by atoms with E-state index in [1.165, 1.54) is 24.3 Å². The number of ether oxygens (including phenoxy) is 1. The van der Waals surface area contributed by atoms with Gasteiger partial charge >= 0.3 is 12.5 Å². The second kappa shape index (κ2) is 5.83. The van der Waals surface area contributed by atoms with E-state index in [0.29, 0.717) is 5.56 Å². The molecule has 0 aliphatic heterocycles. The van der Waals surface area contributed by atoms with Crippen LogP contribution in [0.3, 0.4) is 0 Å². The molecule has 0 saturated carbocycles. The summed E-state index contributed by atoms with van der Waals surface area (Å²) in [5.74, 6) is -0.440. The lowest BCUT2D eigenvalue weighted by atomic mass is 10.0. The molecule has 1 nitrogen and oxygen atoms in total. The second-order valence-electron chi connectivity index (χ2n) is 4.26. The molecule has 0 bridgehead atoms. The van der Waals surface area contributed by atoms with Gasteiger partial charge in [0, 0.05) is 4.47 Å². The van der Waals surface area contributed by atoms with Crippen molar-refractivity contribution >= 4 is 15.9 Å². The third-order valence-corrected chi connectivity index (χ3v) is 3.38. The van der Waals surface area contributed by atoms with Gasteiger partial charge in [0.1, 0.15) is 5.75 Å². The van der Waals surface area contributed by atoms with E-state index in [9.17, 15) is 26.3 Å². The standard InChI is InChI=1S/C14H7BrF6O/c15-12-6-3-9(7-11(12)13(16,17)18)8-1-4-10(5-2-8)22-14(19,20)21/h1-7H. The molecule has 2 rings (SSSR count). The molecule has 0 heterocycles. The molecule has 0 radical (unpaired) electrons. The average molecular weight is 385 g/mol. The lowest BCUT2D eigenvalue weighted by molar-refractivity contribution is -0.274. The summed E-state index contributed by atoms with van der Waals surface area (Å²) in [4.78, 5) is 0. The van der Waals surface area contributed by atoms with Crippen molar-refractivity contribution in [3.05, 3.63) is 52.5 Å². The van der Waals surface area contributed by atoms with E-state index in [0.717, 1.165) is 18.2 Å². The van der Waals surface area contributed by atoms with Crippen molar-refractivity contribution in [3.8, 4) is 16.9 Å². The Kier molecular flexibility index (Phi) is 4.42. The average Bonchev–Trinajstić information content (AvgIpc) is 2.37. The molecule has 2 aromatic rings. The van der Waals surface area contributed by atoms with Crippen molar-refractivity contribution < 1.29 is 31.1 Å². The van der Waals surface area contributed by atoms with Crippen molar-refractivity contribution in [2.24, 2.45) is 0 Å². The molecular formula is C14H7BrF6O. The first kappa shape index (κ1) is 16.7. The van der Waals surface area contributed by atoms with Gasteiger partial charge in [-0.1, -0.05) is 34.1 Å². The molecule has 118 valence electrons. The maximum Gasteiger partial charge on any atom is 0.573 e. The molecule has 2 aromatic carbocycles. The molecule has 0 spiro atoms. The molecule has 0 amide bonds. The Morgan fingerprint density at radius 3 is 1.82 bits per heavy atom. The Morgan fingerprint density at radius 2 is 1.32 bits per heavy atom. The minimum Gasteiger partial charge on any atom is -0.406 e. The summed E-state index contributed by atoms with van der Waals surface area (Å²) in [5.41, 5.74) is -0.290. The summed E-state index contributed by atoms with van der Waals surface area (Å²) in [5, 5.41) is 0. The van der Waals surface area contributed by atoms with Gasteiger partial charge in [0.25, 0.3) is 0 Å². The van der Waals surface area contributed by atoms with Crippen LogP contribution in [-0.2, 0) is 6.18 Å². The minimum absolute atomic E-state index is 0.110. The number of benzene rings is 2. The number of rotatable bonds is 2. The topological polar surface area (TPSA) is 9.23 Å². The van der Waals surface area contributed by atoms with E-state index in [2.05, 4.69) is 20.7 Å². The molecule has 22 heavy (non-hydrogen) atoms. The van der Waals surface area contributed by atoms with E-state index in [1.54, 1.807) is 0 Å². The highest BCUT2D eigenvalue weighted by atomic mass is 79.9. The summed E-state index contributed by atoms with van der Waals surface area (Å²) < 4.78 is 78.2. The third kappa shape index (κ3) is 4.16. The summed E-state index contributed by atoms with van der Waals surface area (Å²) in [7, 11) is 0. The maximum absolute atomic E-state index is 12.8. The second-order valence-corrected chi connectivity index (χ2v) is 5.12. The van der Waals surface area contributed by atoms with Gasteiger partial charge in [0.15, 0.2) is 0 Å². The van der Waals surface area contributed by atoms with Crippen molar-refractivity contribution in [1.29, 1.82) is 0 Å². The molecule has 0 aliphatic rings. The highest BCUT2D eigenvalue weighted by Gasteiger charge is 2.33. The fraction of sp³-hybridized carbons (Fsp3) is 0.143. The van der Waals surface area contributed by atoms with Gasteiger partial charge in [-0.3, -0.25) is 0 Å². The Balaban J connectivity index is 2.33. The first-order chi connectivity index (χ1) is 10.1. The Hall–Kier alpha value is -1.70. The molecule has 0 saturated heterocycles. The van der Waals surface area contributed by atoms with Gasteiger partial charge in [-0.05, 0) is 35.4 Å². The Labute approximate surface area is 129 Å². The van der Waals surface area contributed by atoms with Gasteiger partial charge in [0.05, 0.1) is 5.56 Å². The zero-order valence-electron chi connectivity index (χ0n) is 10.6. The molecule has 0 fully saturated rings. The SMILES string of the molecule is FC(F)(F)Oc1ccc(-c2ccc(Br)c(C(F)(F)F)c2)cc1. The molecule has 0 unspecified atom stereocenters. The van der Waals surface area contributed by atoms with Gasteiger partial charge in [-0.15, -0.1) is 13.2 Å². The van der Waals surface area contributed by atoms with Gasteiger partial charge in [-0.25, -0.2) is 0 Å². The molecule has 0 atom stereocenters. The van der Waals surface area contributed by atoms with E-state index >= 15 is 0 Å². The normalized spacial score (nSPS) is 12.3. The number of alkyl halides is 6. The fourth-order valence-corrected chi connectivity index (χ4v) is 2.24. The van der Waals surface area contributed by atoms with E-state index in [-0.39, 0.29) is 10.0 Å².